The molecule has 0 saturated heterocycles. The van der Waals surface area contributed by atoms with Crippen molar-refractivity contribution < 1.29 is 9.53 Å². The van der Waals surface area contributed by atoms with Crippen LogP contribution in [0.15, 0.2) is 42.5 Å². The van der Waals surface area contributed by atoms with E-state index in [0.29, 0.717) is 13.0 Å². The van der Waals surface area contributed by atoms with E-state index in [4.69, 9.17) is 4.74 Å². The van der Waals surface area contributed by atoms with Gasteiger partial charge in [-0.25, -0.2) is 0 Å². The van der Waals surface area contributed by atoms with Crippen molar-refractivity contribution >= 4 is 5.78 Å². The summed E-state index contributed by atoms with van der Waals surface area (Å²) in [6, 6.07) is 13.8. The zero-order chi connectivity index (χ0) is 14.5. The van der Waals surface area contributed by atoms with Crippen molar-refractivity contribution in [3.05, 3.63) is 64.7 Å². The lowest BCUT2D eigenvalue weighted by Crippen LogP contribution is -2.08. The van der Waals surface area contributed by atoms with E-state index in [1.54, 1.807) is 0 Å². The molecule has 0 unspecified atom stereocenters. The van der Waals surface area contributed by atoms with Gasteiger partial charge in [-0.1, -0.05) is 35.9 Å². The molecule has 0 bridgehead atoms. The van der Waals surface area contributed by atoms with Crippen LogP contribution in [0.2, 0.25) is 0 Å². The normalized spacial score (nSPS) is 10.3. The number of carbonyl (C=O) groups excluding carboxylic acids is 1. The van der Waals surface area contributed by atoms with Gasteiger partial charge < -0.3 is 4.74 Å². The molecule has 0 heterocycles. The minimum atomic E-state index is 0.134. The summed E-state index contributed by atoms with van der Waals surface area (Å²) in [5.41, 5.74) is 4.16. The molecule has 0 atom stereocenters. The summed E-state index contributed by atoms with van der Waals surface area (Å²) < 4.78 is 5.62. The molecule has 0 aromatic heterocycles. The smallest absolute Gasteiger partial charge is 0.166 e. The molecule has 2 nitrogen and oxygen atoms in total. The van der Waals surface area contributed by atoms with Gasteiger partial charge in [0.25, 0.3) is 0 Å². The molecular weight excluding hydrogens is 248 g/mol. The van der Waals surface area contributed by atoms with Crippen LogP contribution in [-0.2, 0) is 0 Å². The first-order valence-electron chi connectivity index (χ1n) is 6.86. The average molecular weight is 268 g/mol. The Morgan fingerprint density at radius 1 is 1.00 bits per heavy atom. The zero-order valence-electron chi connectivity index (χ0n) is 12.3. The highest BCUT2D eigenvalue weighted by Gasteiger charge is 2.09. The fourth-order valence-electron chi connectivity index (χ4n) is 2.23. The molecule has 2 aromatic rings. The van der Waals surface area contributed by atoms with Crippen LogP contribution < -0.4 is 4.74 Å². The summed E-state index contributed by atoms with van der Waals surface area (Å²) in [4.78, 5) is 12.2. The van der Waals surface area contributed by atoms with Crippen molar-refractivity contribution in [2.75, 3.05) is 6.61 Å². The topological polar surface area (TPSA) is 26.3 Å². The summed E-state index contributed by atoms with van der Waals surface area (Å²) in [6.07, 6.45) is 0.401. The second kappa shape index (κ2) is 6.38. The van der Waals surface area contributed by atoms with E-state index in [9.17, 15) is 4.79 Å². The number of hydrogen-bond donors (Lipinski definition) is 0. The van der Waals surface area contributed by atoms with Crippen molar-refractivity contribution in [1.82, 2.24) is 0 Å². The second-order valence-corrected chi connectivity index (χ2v) is 5.16. The number of carbonyl (C=O) groups is 1. The van der Waals surface area contributed by atoms with Crippen LogP contribution in [-0.4, -0.2) is 12.4 Å². The second-order valence-electron chi connectivity index (χ2n) is 5.16. The minimum Gasteiger partial charge on any atom is -0.493 e. The molecule has 0 amide bonds. The van der Waals surface area contributed by atoms with Gasteiger partial charge in [0.15, 0.2) is 5.78 Å². The Bertz CT molecular complexity index is 615. The van der Waals surface area contributed by atoms with E-state index < -0.39 is 0 Å². The van der Waals surface area contributed by atoms with Gasteiger partial charge in [0.05, 0.1) is 6.61 Å². The molecule has 20 heavy (non-hydrogen) atoms. The summed E-state index contributed by atoms with van der Waals surface area (Å²) in [5.74, 6) is 0.952. The van der Waals surface area contributed by atoms with Gasteiger partial charge in [0.2, 0.25) is 0 Å². The molecular formula is C18H20O2. The summed E-state index contributed by atoms with van der Waals surface area (Å²) >= 11 is 0. The van der Waals surface area contributed by atoms with Crippen LogP contribution in [0.4, 0.5) is 0 Å². The Kier molecular flexibility index (Phi) is 4.57. The van der Waals surface area contributed by atoms with Crippen molar-refractivity contribution in [3.63, 3.8) is 0 Å². The van der Waals surface area contributed by atoms with Crippen molar-refractivity contribution in [1.29, 1.82) is 0 Å². The molecule has 0 saturated carbocycles. The number of rotatable bonds is 5. The third-order valence-electron chi connectivity index (χ3n) is 3.27. The first-order chi connectivity index (χ1) is 9.56. The molecule has 0 aliphatic heterocycles. The summed E-state index contributed by atoms with van der Waals surface area (Å²) in [5, 5.41) is 0. The molecule has 104 valence electrons. The Balaban J connectivity index is 1.92. The number of benzene rings is 2. The maximum absolute atomic E-state index is 12.2. The quantitative estimate of drug-likeness (QED) is 0.757. The van der Waals surface area contributed by atoms with Crippen molar-refractivity contribution in [3.8, 4) is 5.75 Å². The van der Waals surface area contributed by atoms with E-state index in [-0.39, 0.29) is 5.78 Å². The Morgan fingerprint density at radius 2 is 1.75 bits per heavy atom. The summed E-state index contributed by atoms with van der Waals surface area (Å²) in [6.45, 7) is 6.44. The van der Waals surface area contributed by atoms with Gasteiger partial charge in [0.1, 0.15) is 5.75 Å². The Labute approximate surface area is 120 Å². The van der Waals surface area contributed by atoms with Crippen LogP contribution in [0, 0.1) is 20.8 Å². The first-order valence-corrected chi connectivity index (χ1v) is 6.86. The molecule has 2 rings (SSSR count). The molecule has 0 N–H and O–H groups in total. The molecule has 0 spiro atoms. The van der Waals surface area contributed by atoms with Crippen LogP contribution in [0.5, 0.6) is 5.75 Å². The van der Waals surface area contributed by atoms with Gasteiger partial charge in [-0.05, 0) is 44.0 Å². The molecule has 2 aromatic carbocycles. The summed E-state index contributed by atoms with van der Waals surface area (Å²) in [7, 11) is 0. The number of ether oxygens (including phenoxy) is 1. The predicted molar refractivity (Wildman–Crippen MR) is 81.5 cm³/mol. The van der Waals surface area contributed by atoms with E-state index in [1.807, 2.05) is 63.2 Å². The SMILES string of the molecule is Cc1cccc(OCCC(=O)c2ccc(C)cc2C)c1. The maximum atomic E-state index is 12.2. The Morgan fingerprint density at radius 3 is 2.45 bits per heavy atom. The van der Waals surface area contributed by atoms with Crippen LogP contribution in [0.1, 0.15) is 33.5 Å². The van der Waals surface area contributed by atoms with Crippen LogP contribution in [0.3, 0.4) is 0 Å². The highest BCUT2D eigenvalue weighted by molar-refractivity contribution is 5.97. The van der Waals surface area contributed by atoms with E-state index >= 15 is 0 Å². The van der Waals surface area contributed by atoms with Gasteiger partial charge in [-0.3, -0.25) is 4.79 Å². The van der Waals surface area contributed by atoms with Gasteiger partial charge in [-0.15, -0.1) is 0 Å². The fraction of sp³-hybridized carbons (Fsp3) is 0.278. The highest BCUT2D eigenvalue weighted by atomic mass is 16.5. The maximum Gasteiger partial charge on any atom is 0.166 e. The average Bonchev–Trinajstić information content (AvgIpc) is 2.38. The molecule has 0 fully saturated rings. The van der Waals surface area contributed by atoms with Crippen molar-refractivity contribution in [2.24, 2.45) is 0 Å². The zero-order valence-corrected chi connectivity index (χ0v) is 12.3. The Hall–Kier alpha value is -2.09. The van der Waals surface area contributed by atoms with Crippen LogP contribution >= 0.6 is 0 Å². The largest absolute Gasteiger partial charge is 0.493 e. The van der Waals surface area contributed by atoms with E-state index in [1.165, 1.54) is 5.56 Å². The first kappa shape index (κ1) is 14.3. The lowest BCUT2D eigenvalue weighted by Gasteiger charge is -2.08. The number of ketones is 1. The number of Topliss-reactive ketones (excluding diaryl/α,β-unsaturated/α-hetero) is 1. The molecule has 0 radical (unpaired) electrons. The molecule has 0 aliphatic rings. The third kappa shape index (κ3) is 3.70. The number of aryl methyl sites for hydroxylation is 3. The van der Waals surface area contributed by atoms with E-state index in [2.05, 4.69) is 0 Å². The van der Waals surface area contributed by atoms with Crippen LogP contribution in [0.25, 0.3) is 0 Å². The molecule has 0 aliphatic carbocycles. The van der Waals surface area contributed by atoms with Gasteiger partial charge in [0, 0.05) is 12.0 Å². The van der Waals surface area contributed by atoms with Gasteiger partial charge in [-0.2, -0.15) is 0 Å². The monoisotopic (exact) mass is 268 g/mol. The standard InChI is InChI=1S/C18H20O2/c1-13-5-4-6-16(12-13)20-10-9-18(19)17-8-7-14(2)11-15(17)3/h4-8,11-12H,9-10H2,1-3H3. The third-order valence-corrected chi connectivity index (χ3v) is 3.27. The molecule has 2 heteroatoms. The fourth-order valence-corrected chi connectivity index (χ4v) is 2.23. The predicted octanol–water partition coefficient (Wildman–Crippen LogP) is 4.26. The minimum absolute atomic E-state index is 0.134. The lowest BCUT2D eigenvalue weighted by molar-refractivity contribution is 0.0961. The number of hydrogen-bond acceptors (Lipinski definition) is 2. The van der Waals surface area contributed by atoms with Crippen molar-refractivity contribution in [2.45, 2.75) is 27.2 Å². The van der Waals surface area contributed by atoms with Gasteiger partial charge >= 0.3 is 0 Å². The van der Waals surface area contributed by atoms with E-state index in [0.717, 1.165) is 22.4 Å². The highest BCUT2D eigenvalue weighted by Crippen LogP contribution is 2.15. The lowest BCUT2D eigenvalue weighted by atomic mass is 10.0.